The quantitative estimate of drug-likeness (QED) is 0.709. The smallest absolute Gasteiger partial charge is 0.201 e. The van der Waals surface area contributed by atoms with Crippen molar-refractivity contribution in [3.63, 3.8) is 0 Å². The van der Waals surface area contributed by atoms with Crippen molar-refractivity contribution in [3.8, 4) is 11.3 Å². The first-order valence-electron chi connectivity index (χ1n) is 10.2. The highest BCUT2D eigenvalue weighted by Crippen LogP contribution is 2.27. The molecule has 0 aliphatic rings. The summed E-state index contributed by atoms with van der Waals surface area (Å²) in [6.07, 6.45) is 1.56. The number of nitrogens with zero attached hydrogens (tertiary/aromatic N) is 1. The third-order valence-corrected chi connectivity index (χ3v) is 3.66. The Morgan fingerprint density at radius 1 is 1.00 bits per heavy atom. The van der Waals surface area contributed by atoms with E-state index in [1.807, 2.05) is 13.0 Å². The summed E-state index contributed by atoms with van der Waals surface area (Å²) < 4.78 is 56.6. The molecule has 0 spiro atoms. The van der Waals surface area contributed by atoms with E-state index in [-0.39, 0.29) is 5.56 Å². The van der Waals surface area contributed by atoms with Crippen molar-refractivity contribution in [1.82, 2.24) is 0 Å². The molecule has 2 aromatic rings. The number of aryl methyl sites for hydroxylation is 5. The van der Waals surface area contributed by atoms with Crippen molar-refractivity contribution in [2.75, 3.05) is 0 Å². The second kappa shape index (κ2) is 5.40. The average Bonchev–Trinajstić information content (AvgIpc) is 2.46. The molecule has 0 aliphatic carbocycles. The zero-order valence-electron chi connectivity index (χ0n) is 19.8. The lowest BCUT2D eigenvalue weighted by atomic mass is 9.94. The molecule has 0 N–H and O–H groups in total. The molecule has 0 aliphatic heterocycles. The Bertz CT molecular complexity index is 872. The number of rotatable bonds is 2. The highest BCUT2D eigenvalue weighted by molar-refractivity contribution is 5.64. The normalized spacial score (nSPS) is 18.1. The summed E-state index contributed by atoms with van der Waals surface area (Å²) in [4.78, 5) is 0. The molecule has 0 saturated carbocycles. The summed E-state index contributed by atoms with van der Waals surface area (Å²) >= 11 is 0. The molecular weight excluding hydrogens is 242 g/mol. The topological polar surface area (TPSA) is 3.88 Å². The zero-order chi connectivity index (χ0) is 20.9. The van der Waals surface area contributed by atoms with Gasteiger partial charge in [-0.1, -0.05) is 19.9 Å². The van der Waals surface area contributed by atoms with Crippen molar-refractivity contribution in [3.05, 3.63) is 52.2 Å². The van der Waals surface area contributed by atoms with Gasteiger partial charge >= 0.3 is 0 Å². The van der Waals surface area contributed by atoms with E-state index >= 15 is 0 Å². The van der Waals surface area contributed by atoms with Gasteiger partial charge in [0.05, 0.1) is 0 Å². The molecule has 0 atom stereocenters. The first-order valence-corrected chi connectivity index (χ1v) is 6.70. The minimum absolute atomic E-state index is 0.155. The predicted molar refractivity (Wildman–Crippen MR) is 86.1 cm³/mol. The molecule has 1 aromatic heterocycles. The van der Waals surface area contributed by atoms with E-state index in [2.05, 4.69) is 0 Å². The lowest BCUT2D eigenvalue weighted by Crippen LogP contribution is -2.32. The van der Waals surface area contributed by atoms with Crippen molar-refractivity contribution in [2.45, 2.75) is 47.3 Å². The van der Waals surface area contributed by atoms with Crippen LogP contribution in [0, 0.1) is 27.6 Å². The van der Waals surface area contributed by atoms with Gasteiger partial charge in [0, 0.05) is 26.8 Å². The molecule has 1 heterocycles. The van der Waals surface area contributed by atoms with E-state index in [9.17, 15) is 0 Å². The molecule has 0 saturated heterocycles. The first kappa shape index (κ1) is 7.97. The Morgan fingerprint density at radius 3 is 2.30 bits per heavy atom. The van der Waals surface area contributed by atoms with Gasteiger partial charge < -0.3 is 0 Å². The van der Waals surface area contributed by atoms with Crippen LogP contribution in [0.3, 0.4) is 0 Å². The Labute approximate surface area is 133 Å². The third kappa shape index (κ3) is 2.63. The van der Waals surface area contributed by atoms with E-state index in [0.717, 1.165) is 16.8 Å². The van der Waals surface area contributed by atoms with E-state index in [4.69, 9.17) is 9.60 Å². The summed E-state index contributed by atoms with van der Waals surface area (Å²) in [5, 5.41) is 0. The third-order valence-electron chi connectivity index (χ3n) is 3.66. The molecule has 1 aromatic carbocycles. The lowest BCUT2D eigenvalue weighted by molar-refractivity contribution is -0.660. The maximum absolute atomic E-state index is 8.40. The monoisotopic (exact) mass is 275 g/mol. The standard InChI is InChI=1S/C19H26N/c1-12(2)17-10-19(20(7)11-16(17)6)18-9-14(4)13(3)8-15(18)5/h8-12H,1-7H3/q+1/i3D3,6D3,12D. The molecule has 0 amide bonds. The fraction of sp³-hybridized carbons (Fsp3) is 0.421. The van der Waals surface area contributed by atoms with Gasteiger partial charge in [-0.05, 0) is 61.8 Å². The van der Waals surface area contributed by atoms with Crippen molar-refractivity contribution in [2.24, 2.45) is 7.05 Å². The molecule has 0 radical (unpaired) electrons. The van der Waals surface area contributed by atoms with Crippen LogP contribution in [0.1, 0.15) is 57.2 Å². The summed E-state index contributed by atoms with van der Waals surface area (Å²) in [7, 11) is 1.76. The summed E-state index contributed by atoms with van der Waals surface area (Å²) in [5.41, 5.74) is 3.92. The molecule has 0 bridgehead atoms. The van der Waals surface area contributed by atoms with Gasteiger partial charge in [-0.2, -0.15) is 0 Å². The minimum atomic E-state index is -2.32. The van der Waals surface area contributed by atoms with E-state index in [1.54, 1.807) is 50.7 Å². The predicted octanol–water partition coefficient (Wildman–Crippen LogP) is 4.54. The summed E-state index contributed by atoms with van der Waals surface area (Å²) in [5.74, 6) is -1.09. The van der Waals surface area contributed by atoms with Crippen LogP contribution in [-0.4, -0.2) is 0 Å². The molecule has 0 unspecified atom stereocenters. The molecular formula is C19H26N+. The van der Waals surface area contributed by atoms with Crippen LogP contribution in [-0.2, 0) is 7.05 Å². The largest absolute Gasteiger partial charge is 0.212 e. The Morgan fingerprint density at radius 2 is 1.70 bits per heavy atom. The fourth-order valence-corrected chi connectivity index (χ4v) is 2.42. The molecule has 1 heteroatoms. The Balaban J connectivity index is 2.79. The zero-order valence-corrected chi connectivity index (χ0v) is 12.8. The number of benzene rings is 1. The summed E-state index contributed by atoms with van der Waals surface area (Å²) in [6, 6.07) is 5.23. The van der Waals surface area contributed by atoms with Gasteiger partial charge in [-0.15, -0.1) is 0 Å². The maximum Gasteiger partial charge on any atom is 0.212 e. The number of hydrogen-bond acceptors (Lipinski definition) is 0. The second-order valence-corrected chi connectivity index (χ2v) is 5.58. The lowest BCUT2D eigenvalue weighted by Gasteiger charge is -2.13. The van der Waals surface area contributed by atoms with E-state index in [0.29, 0.717) is 16.7 Å². The Kier molecular flexibility index (Phi) is 2.15. The van der Waals surface area contributed by atoms with Crippen LogP contribution < -0.4 is 4.57 Å². The highest BCUT2D eigenvalue weighted by Gasteiger charge is 2.17. The van der Waals surface area contributed by atoms with E-state index in [1.165, 1.54) is 0 Å². The van der Waals surface area contributed by atoms with Crippen LogP contribution in [0.25, 0.3) is 11.3 Å². The van der Waals surface area contributed by atoms with Crippen LogP contribution in [0.4, 0.5) is 0 Å². The van der Waals surface area contributed by atoms with Crippen molar-refractivity contribution in [1.29, 1.82) is 0 Å². The van der Waals surface area contributed by atoms with Crippen LogP contribution in [0.15, 0.2) is 24.4 Å². The summed E-state index contributed by atoms with van der Waals surface area (Å²) in [6.45, 7) is 2.42. The van der Waals surface area contributed by atoms with Crippen molar-refractivity contribution >= 4 is 0 Å². The van der Waals surface area contributed by atoms with Crippen molar-refractivity contribution < 1.29 is 14.2 Å². The molecule has 106 valence electrons. The van der Waals surface area contributed by atoms with Crippen LogP contribution in [0.5, 0.6) is 0 Å². The maximum atomic E-state index is 8.40. The van der Waals surface area contributed by atoms with Crippen LogP contribution >= 0.6 is 0 Å². The highest BCUT2D eigenvalue weighted by atomic mass is 14.9. The minimum Gasteiger partial charge on any atom is -0.201 e. The average molecular weight is 275 g/mol. The van der Waals surface area contributed by atoms with Gasteiger partial charge in [0.15, 0.2) is 6.20 Å². The second-order valence-electron chi connectivity index (χ2n) is 5.58. The fourth-order valence-electron chi connectivity index (χ4n) is 2.42. The molecule has 20 heavy (non-hydrogen) atoms. The Hall–Kier alpha value is -1.63. The van der Waals surface area contributed by atoms with E-state index < -0.39 is 19.6 Å². The van der Waals surface area contributed by atoms with Gasteiger partial charge in [0.1, 0.15) is 7.05 Å². The SMILES string of the molecule is [2H]C([2H])([2H])c1cc(C)c(-c2cc(C([2H])(C)C)c(C([2H])([2H])[2H])c[n+]2C)cc1C. The first-order chi connectivity index (χ1) is 12.0. The van der Waals surface area contributed by atoms with Gasteiger partial charge in [-0.3, -0.25) is 0 Å². The van der Waals surface area contributed by atoms with Gasteiger partial charge in [0.25, 0.3) is 0 Å². The number of aromatic nitrogens is 1. The number of hydrogen-bond donors (Lipinski definition) is 0. The molecule has 2 rings (SSSR count). The van der Waals surface area contributed by atoms with Gasteiger partial charge in [0.2, 0.25) is 5.69 Å². The molecule has 1 nitrogen and oxygen atoms in total. The number of pyridine rings is 1. The van der Waals surface area contributed by atoms with Crippen LogP contribution in [0.2, 0.25) is 0 Å². The van der Waals surface area contributed by atoms with Gasteiger partial charge in [-0.25, -0.2) is 4.57 Å². The molecule has 0 fully saturated rings.